The molecule has 4 heteroatoms. The van der Waals surface area contributed by atoms with E-state index in [4.69, 9.17) is 13.3 Å². The van der Waals surface area contributed by atoms with Crippen LogP contribution in [0.1, 0.15) is 20.8 Å². The zero-order chi connectivity index (χ0) is 9.82. The molecule has 12 heavy (non-hydrogen) atoms. The molecule has 0 heterocycles. The van der Waals surface area contributed by atoms with Gasteiger partial charge in [0.2, 0.25) is 0 Å². The van der Waals surface area contributed by atoms with E-state index in [0.29, 0.717) is 19.8 Å². The zero-order valence-electron chi connectivity index (χ0n) is 8.34. The normalized spacial score (nSPS) is 9.33. The van der Waals surface area contributed by atoms with Crippen molar-refractivity contribution >= 4 is 9.53 Å². The molecular weight excluding hydrogens is 172 g/mol. The third kappa shape index (κ3) is 9.84. The summed E-state index contributed by atoms with van der Waals surface area (Å²) < 4.78 is 15.7. The molecule has 74 valence electrons. The molecule has 0 unspecified atom stereocenters. The third-order valence-corrected chi connectivity index (χ3v) is 2.72. The molecule has 0 saturated heterocycles. The summed E-state index contributed by atoms with van der Waals surface area (Å²) in [7, 11) is -1.73. The Morgan fingerprint density at radius 3 is 1.25 bits per heavy atom. The molecule has 0 rings (SSSR count). The highest BCUT2D eigenvalue weighted by molar-refractivity contribution is 6.36. The van der Waals surface area contributed by atoms with Gasteiger partial charge in [0.1, 0.15) is 0 Å². The second-order valence-corrected chi connectivity index (χ2v) is 3.23. The van der Waals surface area contributed by atoms with Crippen LogP contribution in [0.25, 0.3) is 0 Å². The van der Waals surface area contributed by atoms with E-state index in [1.165, 1.54) is 0 Å². The first-order valence-electron chi connectivity index (χ1n) is 4.19. The third-order valence-electron chi connectivity index (χ3n) is 0.908. The molecule has 0 radical (unpaired) electrons. The monoisotopic (exact) mass is 192 g/mol. The summed E-state index contributed by atoms with van der Waals surface area (Å²) >= 11 is 0. The van der Waals surface area contributed by atoms with Crippen molar-refractivity contribution in [3.8, 4) is 0 Å². The number of hydrogen-bond acceptors (Lipinski definition) is 3. The van der Waals surface area contributed by atoms with Crippen LogP contribution in [-0.2, 0) is 13.3 Å². The molecule has 0 saturated carbocycles. The molecule has 0 aliphatic heterocycles. The molecule has 0 aromatic rings. The summed E-state index contributed by atoms with van der Waals surface area (Å²) in [5, 5.41) is 0. The van der Waals surface area contributed by atoms with Crippen LogP contribution >= 0.6 is 0 Å². The van der Waals surface area contributed by atoms with Gasteiger partial charge in [-0.3, -0.25) is 0 Å². The van der Waals surface area contributed by atoms with Crippen molar-refractivity contribution in [1.29, 1.82) is 0 Å². The van der Waals surface area contributed by atoms with Gasteiger partial charge in [-0.2, -0.15) is 0 Å². The number of hydrogen-bond donors (Lipinski definition) is 0. The topological polar surface area (TPSA) is 27.7 Å². The van der Waals surface area contributed by atoms with Crippen LogP contribution in [-0.4, -0.2) is 29.3 Å². The predicted molar refractivity (Wildman–Crippen MR) is 53.3 cm³/mol. The molecule has 0 aliphatic carbocycles. The molecule has 0 amide bonds. The van der Waals surface area contributed by atoms with Crippen molar-refractivity contribution in [2.75, 3.05) is 19.8 Å². The van der Waals surface area contributed by atoms with Crippen LogP contribution in [0.4, 0.5) is 0 Å². The van der Waals surface area contributed by atoms with Crippen LogP contribution in [0, 0.1) is 0 Å². The van der Waals surface area contributed by atoms with Gasteiger partial charge in [-0.25, -0.2) is 0 Å². The predicted octanol–water partition coefficient (Wildman–Crippen LogP) is 1.62. The maximum atomic E-state index is 5.22. The lowest BCUT2D eigenvalue weighted by Crippen LogP contribution is -2.27. The molecule has 0 bridgehead atoms. The molecule has 0 N–H and O–H groups in total. The largest absolute Gasteiger partial charge is 0.484 e. The lowest BCUT2D eigenvalue weighted by molar-refractivity contribution is 0.107. The van der Waals surface area contributed by atoms with Crippen molar-refractivity contribution < 1.29 is 13.3 Å². The molecule has 0 spiro atoms. The minimum atomic E-state index is -1.73. The molecular formula is C8H20O3Si. The van der Waals surface area contributed by atoms with E-state index in [-0.39, 0.29) is 0 Å². The molecule has 3 nitrogen and oxygen atoms in total. The van der Waals surface area contributed by atoms with Gasteiger partial charge in [0.05, 0.1) is 0 Å². The van der Waals surface area contributed by atoms with E-state index in [1.54, 1.807) is 0 Å². The second-order valence-electron chi connectivity index (χ2n) is 1.65. The fourth-order valence-corrected chi connectivity index (χ4v) is 1.66. The maximum Gasteiger partial charge on any atom is 0.484 e. The van der Waals surface area contributed by atoms with Gasteiger partial charge in [0.15, 0.2) is 0 Å². The van der Waals surface area contributed by atoms with Crippen molar-refractivity contribution in [2.24, 2.45) is 0 Å². The standard InChI is InChI=1S/C6H16O3Si.C2H4/c1-4-7-10(8-5-2)9-6-3;1-2/h10H,4-6H2,1-3H3;1-2H2. The minimum absolute atomic E-state index is 0.677. The Balaban J connectivity index is 0. The Kier molecular flexibility index (Phi) is 16.1. The molecule has 0 aliphatic rings. The van der Waals surface area contributed by atoms with E-state index in [0.717, 1.165) is 0 Å². The fraction of sp³-hybridized carbons (Fsp3) is 0.750. The Bertz CT molecular complexity index is 66.4. The summed E-state index contributed by atoms with van der Waals surface area (Å²) in [6.45, 7) is 13.9. The van der Waals surface area contributed by atoms with Crippen LogP contribution in [0.3, 0.4) is 0 Å². The average molecular weight is 192 g/mol. The van der Waals surface area contributed by atoms with Gasteiger partial charge in [0.25, 0.3) is 0 Å². The van der Waals surface area contributed by atoms with Gasteiger partial charge in [-0.1, -0.05) is 0 Å². The summed E-state index contributed by atoms with van der Waals surface area (Å²) in [5.74, 6) is 0. The lowest BCUT2D eigenvalue weighted by Gasteiger charge is -2.12. The maximum absolute atomic E-state index is 5.22. The van der Waals surface area contributed by atoms with E-state index in [2.05, 4.69) is 13.2 Å². The van der Waals surface area contributed by atoms with Crippen molar-refractivity contribution in [3.63, 3.8) is 0 Å². The Labute approximate surface area is 77.3 Å². The lowest BCUT2D eigenvalue weighted by atomic mass is 10.9. The Morgan fingerprint density at radius 2 is 1.08 bits per heavy atom. The van der Waals surface area contributed by atoms with Crippen LogP contribution < -0.4 is 0 Å². The summed E-state index contributed by atoms with van der Waals surface area (Å²) in [4.78, 5) is 0. The summed E-state index contributed by atoms with van der Waals surface area (Å²) in [6.07, 6.45) is 0. The van der Waals surface area contributed by atoms with E-state index in [1.807, 2.05) is 20.8 Å². The van der Waals surface area contributed by atoms with E-state index < -0.39 is 9.53 Å². The average Bonchev–Trinajstić information content (AvgIpc) is 2.10. The molecule has 0 atom stereocenters. The molecule has 0 aromatic carbocycles. The van der Waals surface area contributed by atoms with Crippen molar-refractivity contribution in [2.45, 2.75) is 20.8 Å². The van der Waals surface area contributed by atoms with Crippen molar-refractivity contribution in [3.05, 3.63) is 13.2 Å². The number of rotatable bonds is 6. The van der Waals surface area contributed by atoms with Gasteiger partial charge >= 0.3 is 9.53 Å². The highest BCUT2D eigenvalue weighted by Crippen LogP contribution is 1.90. The first-order chi connectivity index (χ1) is 5.85. The highest BCUT2D eigenvalue weighted by atomic mass is 28.3. The van der Waals surface area contributed by atoms with E-state index in [9.17, 15) is 0 Å². The first kappa shape index (κ1) is 14.4. The van der Waals surface area contributed by atoms with Gasteiger partial charge in [-0.15, -0.1) is 13.2 Å². The Hall–Kier alpha value is -0.163. The molecule has 0 fully saturated rings. The first-order valence-corrected chi connectivity index (χ1v) is 5.61. The van der Waals surface area contributed by atoms with Crippen LogP contribution in [0.5, 0.6) is 0 Å². The van der Waals surface area contributed by atoms with Gasteiger partial charge in [0, 0.05) is 19.8 Å². The summed E-state index contributed by atoms with van der Waals surface area (Å²) in [6, 6.07) is 0. The van der Waals surface area contributed by atoms with E-state index >= 15 is 0 Å². The highest BCUT2D eigenvalue weighted by Gasteiger charge is 2.11. The van der Waals surface area contributed by atoms with Gasteiger partial charge < -0.3 is 13.3 Å². The van der Waals surface area contributed by atoms with Crippen molar-refractivity contribution in [1.82, 2.24) is 0 Å². The molecule has 0 aromatic heterocycles. The zero-order valence-corrected chi connectivity index (χ0v) is 9.49. The fourth-order valence-electron chi connectivity index (χ4n) is 0.553. The minimum Gasteiger partial charge on any atom is -0.376 e. The SMILES string of the molecule is C=C.CCO[SiH](OCC)OCC. The summed E-state index contributed by atoms with van der Waals surface area (Å²) in [5.41, 5.74) is 0. The van der Waals surface area contributed by atoms with Crippen LogP contribution in [0.2, 0.25) is 0 Å². The van der Waals surface area contributed by atoms with Crippen LogP contribution in [0.15, 0.2) is 13.2 Å². The van der Waals surface area contributed by atoms with Gasteiger partial charge in [-0.05, 0) is 20.8 Å². The second kappa shape index (κ2) is 13.4. The Morgan fingerprint density at radius 1 is 0.833 bits per heavy atom. The quantitative estimate of drug-likeness (QED) is 0.473. The smallest absolute Gasteiger partial charge is 0.376 e.